The van der Waals surface area contributed by atoms with Crippen molar-refractivity contribution in [1.29, 1.82) is 0 Å². The molecule has 3 aliphatic heterocycles. The van der Waals surface area contributed by atoms with E-state index in [-0.39, 0.29) is 5.91 Å². The van der Waals surface area contributed by atoms with Crippen molar-refractivity contribution in [2.45, 2.75) is 19.3 Å². The minimum atomic E-state index is -0.155. The maximum atomic E-state index is 12.1. The first-order valence-corrected chi connectivity index (χ1v) is 7.03. The second-order valence-corrected chi connectivity index (χ2v) is 5.17. The highest BCUT2D eigenvalue weighted by Gasteiger charge is 2.21. The molecule has 0 atom stereocenters. The largest absolute Gasteiger partial charge is 0.286 e. The van der Waals surface area contributed by atoms with Crippen LogP contribution in [-0.2, 0) is 0 Å². The molecule has 0 bridgehead atoms. The van der Waals surface area contributed by atoms with Crippen LogP contribution < -0.4 is 5.43 Å². The number of hydrogen-bond acceptors (Lipinski definition) is 5. The van der Waals surface area contributed by atoms with Gasteiger partial charge in [0.05, 0.1) is 5.69 Å². The summed E-state index contributed by atoms with van der Waals surface area (Å²) >= 11 is 1.54. The molecule has 3 heterocycles. The third-order valence-electron chi connectivity index (χ3n) is 3.11. The normalized spacial score (nSPS) is 16.9. The van der Waals surface area contributed by atoms with Gasteiger partial charge in [-0.05, 0) is 24.3 Å². The maximum absolute atomic E-state index is 12.1. The Morgan fingerprint density at radius 2 is 2.11 bits per heavy atom. The number of aromatic nitrogens is 2. The topological polar surface area (TPSA) is 58.1 Å². The van der Waals surface area contributed by atoms with Crippen LogP contribution >= 0.6 is 11.3 Å². The number of hydrogen-bond donors (Lipinski definition) is 1. The van der Waals surface area contributed by atoms with E-state index in [2.05, 4.69) is 15.6 Å². The van der Waals surface area contributed by atoms with E-state index in [9.17, 15) is 4.79 Å². The van der Waals surface area contributed by atoms with E-state index in [4.69, 9.17) is 0 Å². The van der Waals surface area contributed by atoms with Gasteiger partial charge < -0.3 is 0 Å². The van der Waals surface area contributed by atoms with Crippen LogP contribution in [0.2, 0.25) is 0 Å². The van der Waals surface area contributed by atoms with Crippen molar-refractivity contribution in [2.24, 2.45) is 0 Å². The standard InChI is InChI=1S/C12H14N4OS/c17-12(15-16-5-2-1-3-6-16)11-9-8-18-7-4-10(9)13-14-11/h4,7-8H,1-3,5-6H2,(H,15,17). The van der Waals surface area contributed by atoms with Crippen molar-refractivity contribution in [3.05, 3.63) is 22.5 Å². The third-order valence-corrected chi connectivity index (χ3v) is 3.77. The highest BCUT2D eigenvalue weighted by Crippen LogP contribution is 2.24. The van der Waals surface area contributed by atoms with E-state index in [1.807, 2.05) is 21.8 Å². The van der Waals surface area contributed by atoms with Crippen LogP contribution in [0, 0.1) is 0 Å². The molecule has 0 aromatic carbocycles. The van der Waals surface area contributed by atoms with Crippen molar-refractivity contribution in [3.63, 3.8) is 0 Å². The molecule has 0 radical (unpaired) electrons. The molecule has 1 fully saturated rings. The molecular formula is C12H14N4OS. The van der Waals surface area contributed by atoms with Gasteiger partial charge in [-0.2, -0.15) is 11.3 Å². The van der Waals surface area contributed by atoms with E-state index in [1.165, 1.54) is 6.42 Å². The van der Waals surface area contributed by atoms with Crippen LogP contribution in [-0.4, -0.2) is 34.2 Å². The van der Waals surface area contributed by atoms with Crippen molar-refractivity contribution in [2.75, 3.05) is 13.1 Å². The number of fused-ring (bicyclic) bond motifs is 1. The smallest absolute Gasteiger partial charge is 0.283 e. The summed E-state index contributed by atoms with van der Waals surface area (Å²) in [6.07, 6.45) is 3.51. The minimum Gasteiger partial charge on any atom is -0.283 e. The van der Waals surface area contributed by atoms with E-state index < -0.39 is 0 Å². The zero-order chi connectivity index (χ0) is 12.4. The van der Waals surface area contributed by atoms with Crippen molar-refractivity contribution >= 4 is 17.2 Å². The molecule has 0 aromatic heterocycles. The Labute approximate surface area is 109 Å². The molecule has 0 saturated carbocycles. The number of piperidine rings is 1. The van der Waals surface area contributed by atoms with Gasteiger partial charge >= 0.3 is 0 Å². The van der Waals surface area contributed by atoms with Crippen molar-refractivity contribution in [3.8, 4) is 11.3 Å². The van der Waals surface area contributed by atoms with Gasteiger partial charge in [-0.15, -0.1) is 10.2 Å². The Morgan fingerprint density at radius 3 is 2.94 bits per heavy atom. The molecule has 3 rings (SSSR count). The molecule has 0 unspecified atom stereocenters. The van der Waals surface area contributed by atoms with Gasteiger partial charge in [0.25, 0.3) is 5.91 Å². The van der Waals surface area contributed by atoms with Crippen LogP contribution in [0.1, 0.15) is 29.8 Å². The summed E-state index contributed by atoms with van der Waals surface area (Å²) in [5.41, 5.74) is 4.94. The second kappa shape index (κ2) is 4.99. The fraction of sp³-hybridized carbons (Fsp3) is 0.417. The lowest BCUT2D eigenvalue weighted by Gasteiger charge is -2.26. The Balaban J connectivity index is 1.76. The highest BCUT2D eigenvalue weighted by atomic mass is 32.1. The summed E-state index contributed by atoms with van der Waals surface area (Å²) < 4.78 is 0. The second-order valence-electron chi connectivity index (χ2n) is 4.39. The van der Waals surface area contributed by atoms with Gasteiger partial charge in [0.15, 0.2) is 5.69 Å². The molecule has 1 N–H and O–H groups in total. The van der Waals surface area contributed by atoms with Gasteiger partial charge in [0.1, 0.15) is 0 Å². The maximum Gasteiger partial charge on any atom is 0.286 e. The van der Waals surface area contributed by atoms with E-state index in [0.29, 0.717) is 5.69 Å². The quantitative estimate of drug-likeness (QED) is 0.896. The molecule has 5 nitrogen and oxygen atoms in total. The lowest BCUT2D eigenvalue weighted by Crippen LogP contribution is -2.45. The number of carbonyl (C=O) groups excluding carboxylic acids is 1. The first kappa shape index (κ1) is 11.6. The molecule has 1 saturated heterocycles. The molecule has 18 heavy (non-hydrogen) atoms. The van der Waals surface area contributed by atoms with Crippen molar-refractivity contribution in [1.82, 2.24) is 20.6 Å². The SMILES string of the molecule is O=C(NN1CCCCC1)c1nnc2ccscc1-2. The van der Waals surface area contributed by atoms with Crippen molar-refractivity contribution < 1.29 is 4.79 Å². The van der Waals surface area contributed by atoms with Crippen LogP contribution in [0.5, 0.6) is 0 Å². The van der Waals surface area contributed by atoms with Crippen LogP contribution in [0.3, 0.4) is 0 Å². The fourth-order valence-corrected chi connectivity index (χ4v) is 2.81. The summed E-state index contributed by atoms with van der Waals surface area (Å²) in [7, 11) is 0. The summed E-state index contributed by atoms with van der Waals surface area (Å²) in [6.45, 7) is 1.83. The molecule has 94 valence electrons. The molecule has 0 spiro atoms. The van der Waals surface area contributed by atoms with Gasteiger partial charge in [-0.25, -0.2) is 5.01 Å². The average Bonchev–Trinajstić information content (AvgIpc) is 2.84. The lowest BCUT2D eigenvalue weighted by atomic mass is 10.1. The van der Waals surface area contributed by atoms with Gasteiger partial charge in [0.2, 0.25) is 0 Å². The fourth-order valence-electron chi connectivity index (χ4n) is 2.15. The molecule has 6 heteroatoms. The highest BCUT2D eigenvalue weighted by molar-refractivity contribution is 7.07. The Hall–Kier alpha value is -1.53. The number of hydrazine groups is 1. The van der Waals surface area contributed by atoms with E-state index in [0.717, 1.165) is 37.2 Å². The van der Waals surface area contributed by atoms with E-state index >= 15 is 0 Å². The predicted molar refractivity (Wildman–Crippen MR) is 69.4 cm³/mol. The number of nitrogens with zero attached hydrogens (tertiary/aromatic N) is 3. The summed E-state index contributed by atoms with van der Waals surface area (Å²) in [5.74, 6) is -0.155. The average molecular weight is 262 g/mol. The first-order valence-electron chi connectivity index (χ1n) is 6.09. The Kier molecular flexibility index (Phi) is 3.21. The van der Waals surface area contributed by atoms with Crippen LogP contribution in [0.25, 0.3) is 11.3 Å². The molecule has 0 aliphatic carbocycles. The Morgan fingerprint density at radius 1 is 1.28 bits per heavy atom. The number of amides is 1. The molecular weight excluding hydrogens is 248 g/mol. The lowest BCUT2D eigenvalue weighted by molar-refractivity contribution is 0.0745. The zero-order valence-electron chi connectivity index (χ0n) is 9.93. The summed E-state index contributed by atoms with van der Waals surface area (Å²) in [4.78, 5) is 12.1. The van der Waals surface area contributed by atoms with Gasteiger partial charge in [0, 0.05) is 24.0 Å². The molecule has 1 amide bonds. The molecule has 3 aliphatic rings. The number of carbonyl (C=O) groups is 1. The van der Waals surface area contributed by atoms with Crippen LogP contribution in [0.4, 0.5) is 0 Å². The summed E-state index contributed by atoms with van der Waals surface area (Å²) in [6, 6.07) is 1.88. The number of rotatable bonds is 2. The molecule has 0 aromatic rings. The minimum absolute atomic E-state index is 0.155. The Bertz CT molecular complexity index is 521. The van der Waals surface area contributed by atoms with E-state index in [1.54, 1.807) is 11.3 Å². The first-order chi connectivity index (χ1) is 8.84. The monoisotopic (exact) mass is 262 g/mol. The van der Waals surface area contributed by atoms with Gasteiger partial charge in [-0.3, -0.25) is 10.2 Å². The zero-order valence-corrected chi connectivity index (χ0v) is 10.7. The predicted octanol–water partition coefficient (Wildman–Crippen LogP) is 1.77. The van der Waals surface area contributed by atoms with Crippen LogP contribution in [0.15, 0.2) is 16.8 Å². The third kappa shape index (κ3) is 2.21. The summed E-state index contributed by atoms with van der Waals surface area (Å²) in [5, 5.41) is 13.8. The van der Waals surface area contributed by atoms with Gasteiger partial charge in [-0.1, -0.05) is 6.42 Å². The number of nitrogens with one attached hydrogen (secondary N) is 1.